The first-order valence-electron chi connectivity index (χ1n) is 11.5. The number of allylic oxidation sites excluding steroid dienone is 4. The first-order valence-corrected chi connectivity index (χ1v) is 11.5. The van der Waals surface area contributed by atoms with Gasteiger partial charge in [0, 0.05) is 53.4 Å². The summed E-state index contributed by atoms with van der Waals surface area (Å²) in [5, 5.41) is 16.2. The number of rotatable bonds is 4. The highest BCUT2D eigenvalue weighted by Crippen LogP contribution is 2.51. The van der Waals surface area contributed by atoms with Gasteiger partial charge in [0.25, 0.3) is 0 Å². The van der Waals surface area contributed by atoms with Crippen molar-refractivity contribution in [1.29, 1.82) is 0 Å². The molecule has 0 radical (unpaired) electrons. The molecule has 6 nitrogen and oxygen atoms in total. The lowest BCUT2D eigenvalue weighted by Crippen LogP contribution is -2.29. The predicted molar refractivity (Wildman–Crippen MR) is 121 cm³/mol. The summed E-state index contributed by atoms with van der Waals surface area (Å²) in [6.07, 6.45) is 18.5. The summed E-state index contributed by atoms with van der Waals surface area (Å²) in [5.41, 5.74) is 7.80. The molecule has 4 heterocycles. The summed E-state index contributed by atoms with van der Waals surface area (Å²) in [5.74, 6) is 0.642. The first kappa shape index (κ1) is 18.8. The lowest BCUT2D eigenvalue weighted by Gasteiger charge is -2.32. The Kier molecular flexibility index (Phi) is 4.80. The van der Waals surface area contributed by atoms with E-state index in [9.17, 15) is 0 Å². The maximum atomic E-state index is 5.18. The number of pyridine rings is 1. The van der Waals surface area contributed by atoms with E-state index in [1.54, 1.807) is 0 Å². The average Bonchev–Trinajstić information content (AvgIpc) is 3.60. The Morgan fingerprint density at radius 1 is 1.00 bits per heavy atom. The van der Waals surface area contributed by atoms with Crippen LogP contribution in [0.15, 0.2) is 66.3 Å². The number of fused-ring (bicyclic) bond motifs is 1. The Balaban J connectivity index is 1.48. The fourth-order valence-electron chi connectivity index (χ4n) is 5.63. The SMILES string of the molecule is C1=C2CCC=C2C(c2ccn[nH]2)C(c2cn(C3CCNCC3)nc2-c2ccncc2)C1. The van der Waals surface area contributed by atoms with Crippen molar-refractivity contribution in [1.82, 2.24) is 30.3 Å². The third-order valence-electron chi connectivity index (χ3n) is 7.16. The molecule has 0 aromatic carbocycles. The Hall–Kier alpha value is -2.99. The number of piperidine rings is 1. The quantitative estimate of drug-likeness (QED) is 0.661. The molecular formula is C25H28N6. The number of hydrogen-bond acceptors (Lipinski definition) is 4. The molecule has 2 aliphatic carbocycles. The zero-order valence-electron chi connectivity index (χ0n) is 17.7. The highest BCUT2D eigenvalue weighted by Gasteiger charge is 2.37. The van der Waals surface area contributed by atoms with Crippen molar-refractivity contribution in [2.45, 2.75) is 50.0 Å². The minimum atomic E-state index is 0.302. The molecule has 0 spiro atoms. The molecule has 3 aromatic heterocycles. The molecule has 6 heteroatoms. The van der Waals surface area contributed by atoms with Gasteiger partial charge in [-0.1, -0.05) is 12.2 Å². The Morgan fingerprint density at radius 3 is 2.68 bits per heavy atom. The smallest absolute Gasteiger partial charge is 0.0959 e. The van der Waals surface area contributed by atoms with Gasteiger partial charge in [0.15, 0.2) is 0 Å². The number of nitrogens with one attached hydrogen (secondary N) is 2. The molecule has 1 fully saturated rings. The molecule has 3 aromatic rings. The fraction of sp³-hybridized carbons (Fsp3) is 0.400. The average molecular weight is 413 g/mol. The molecule has 2 atom stereocenters. The largest absolute Gasteiger partial charge is 0.317 e. The molecule has 158 valence electrons. The van der Waals surface area contributed by atoms with Crippen molar-refractivity contribution in [3.05, 3.63) is 77.5 Å². The summed E-state index contributed by atoms with van der Waals surface area (Å²) in [6, 6.07) is 6.77. The molecule has 0 saturated carbocycles. The molecular weight excluding hydrogens is 384 g/mol. The normalized spacial score (nSPS) is 24.0. The van der Waals surface area contributed by atoms with E-state index in [4.69, 9.17) is 5.10 Å². The molecule has 0 bridgehead atoms. The Labute approximate surface area is 182 Å². The van der Waals surface area contributed by atoms with Gasteiger partial charge in [-0.2, -0.15) is 10.2 Å². The third-order valence-corrected chi connectivity index (χ3v) is 7.16. The molecule has 6 rings (SSSR count). The minimum Gasteiger partial charge on any atom is -0.317 e. The lowest BCUT2D eigenvalue weighted by molar-refractivity contribution is 0.343. The van der Waals surface area contributed by atoms with E-state index >= 15 is 0 Å². The second kappa shape index (κ2) is 7.93. The Bertz CT molecular complexity index is 1100. The lowest BCUT2D eigenvalue weighted by atomic mass is 9.72. The van der Waals surface area contributed by atoms with Crippen molar-refractivity contribution >= 4 is 0 Å². The van der Waals surface area contributed by atoms with Gasteiger partial charge in [0.05, 0.1) is 11.7 Å². The number of H-pyrrole nitrogens is 1. The number of hydrogen-bond donors (Lipinski definition) is 2. The summed E-state index contributed by atoms with van der Waals surface area (Å²) in [6.45, 7) is 2.12. The van der Waals surface area contributed by atoms with Crippen LogP contribution in [-0.2, 0) is 0 Å². The van der Waals surface area contributed by atoms with Crippen LogP contribution in [0.25, 0.3) is 11.3 Å². The van der Waals surface area contributed by atoms with E-state index in [1.807, 2.05) is 18.6 Å². The van der Waals surface area contributed by atoms with E-state index in [0.717, 1.165) is 56.5 Å². The van der Waals surface area contributed by atoms with Crippen molar-refractivity contribution in [2.24, 2.45) is 0 Å². The van der Waals surface area contributed by atoms with Gasteiger partial charge < -0.3 is 5.32 Å². The summed E-state index contributed by atoms with van der Waals surface area (Å²) < 4.78 is 2.25. The summed E-state index contributed by atoms with van der Waals surface area (Å²) in [7, 11) is 0. The molecule has 0 amide bonds. The van der Waals surface area contributed by atoms with Gasteiger partial charge in [-0.25, -0.2) is 0 Å². The van der Waals surface area contributed by atoms with Crippen LogP contribution >= 0.6 is 0 Å². The zero-order valence-corrected chi connectivity index (χ0v) is 17.7. The number of aromatic nitrogens is 5. The maximum Gasteiger partial charge on any atom is 0.0959 e. The second-order valence-electron chi connectivity index (χ2n) is 8.89. The fourth-order valence-corrected chi connectivity index (χ4v) is 5.63. The van der Waals surface area contributed by atoms with Gasteiger partial charge in [0.2, 0.25) is 0 Å². The summed E-state index contributed by atoms with van der Waals surface area (Å²) >= 11 is 0. The van der Waals surface area contributed by atoms with Crippen molar-refractivity contribution in [3.63, 3.8) is 0 Å². The van der Waals surface area contributed by atoms with Crippen molar-refractivity contribution in [2.75, 3.05) is 13.1 Å². The van der Waals surface area contributed by atoms with E-state index in [0.29, 0.717) is 17.9 Å². The van der Waals surface area contributed by atoms with Crippen LogP contribution in [0.4, 0.5) is 0 Å². The Morgan fingerprint density at radius 2 is 1.87 bits per heavy atom. The highest BCUT2D eigenvalue weighted by molar-refractivity contribution is 5.64. The molecule has 3 aliphatic rings. The molecule has 1 aliphatic heterocycles. The van der Waals surface area contributed by atoms with Gasteiger partial charge in [-0.15, -0.1) is 0 Å². The van der Waals surface area contributed by atoms with Crippen LogP contribution in [-0.4, -0.2) is 38.1 Å². The number of nitrogens with zero attached hydrogens (tertiary/aromatic N) is 4. The van der Waals surface area contributed by atoms with Crippen LogP contribution in [0.1, 0.15) is 61.2 Å². The van der Waals surface area contributed by atoms with E-state index in [2.05, 4.69) is 61.7 Å². The van der Waals surface area contributed by atoms with Crippen molar-refractivity contribution in [3.8, 4) is 11.3 Å². The van der Waals surface area contributed by atoms with E-state index in [-0.39, 0.29) is 0 Å². The monoisotopic (exact) mass is 412 g/mol. The van der Waals surface area contributed by atoms with Crippen LogP contribution in [0.2, 0.25) is 0 Å². The van der Waals surface area contributed by atoms with E-state index in [1.165, 1.54) is 22.4 Å². The predicted octanol–water partition coefficient (Wildman–Crippen LogP) is 4.51. The third kappa shape index (κ3) is 3.35. The van der Waals surface area contributed by atoms with E-state index < -0.39 is 0 Å². The van der Waals surface area contributed by atoms with Gasteiger partial charge in [-0.3, -0.25) is 14.8 Å². The topological polar surface area (TPSA) is 71.4 Å². The second-order valence-corrected chi connectivity index (χ2v) is 8.89. The summed E-state index contributed by atoms with van der Waals surface area (Å²) in [4.78, 5) is 4.23. The van der Waals surface area contributed by atoms with Crippen molar-refractivity contribution < 1.29 is 0 Å². The number of aromatic amines is 1. The molecule has 2 N–H and O–H groups in total. The maximum absolute atomic E-state index is 5.18. The van der Waals surface area contributed by atoms with Crippen LogP contribution < -0.4 is 5.32 Å². The molecule has 2 unspecified atom stereocenters. The zero-order chi connectivity index (χ0) is 20.6. The van der Waals surface area contributed by atoms with Gasteiger partial charge >= 0.3 is 0 Å². The van der Waals surface area contributed by atoms with Gasteiger partial charge in [0.1, 0.15) is 0 Å². The molecule has 31 heavy (non-hydrogen) atoms. The van der Waals surface area contributed by atoms with Gasteiger partial charge in [-0.05, 0) is 74.5 Å². The van der Waals surface area contributed by atoms with Crippen LogP contribution in [0.3, 0.4) is 0 Å². The first-order chi connectivity index (χ1) is 15.4. The standard InChI is InChI=1S/C25H28N6/c1-2-17-4-5-21(24(20(17)3-1)23-10-15-28-29-23)22-16-31(19-8-13-27-14-9-19)30-25(22)18-6-11-26-12-7-18/h3-4,6-7,10-12,15-16,19,21,24,27H,1-2,5,8-9,13-14H2,(H,28,29). The minimum absolute atomic E-state index is 0.302. The molecule has 1 saturated heterocycles. The van der Waals surface area contributed by atoms with Crippen LogP contribution in [0, 0.1) is 0 Å². The van der Waals surface area contributed by atoms with Crippen LogP contribution in [0.5, 0.6) is 0 Å². The highest BCUT2D eigenvalue weighted by atomic mass is 15.3.